The standard InChI is InChI=1S/C18H32N6O3S/c1-3-19-18(20-7-10-28(25,26)22-11-15-5-4-6-15)24-8-9-27-17(14-24)16-12-21-23(2)13-16/h12-13,15,17,22H,3-11,14H2,1-2H3,(H,19,20). The summed E-state index contributed by atoms with van der Waals surface area (Å²) in [5, 5.41) is 7.48. The molecule has 1 atom stereocenters. The quantitative estimate of drug-likeness (QED) is 0.476. The maximum Gasteiger partial charge on any atom is 0.213 e. The van der Waals surface area contributed by atoms with Crippen molar-refractivity contribution in [2.75, 3.05) is 45.1 Å². The third kappa shape index (κ3) is 5.92. The lowest BCUT2D eigenvalue weighted by molar-refractivity contribution is -0.00802. The summed E-state index contributed by atoms with van der Waals surface area (Å²) in [5.74, 6) is 1.24. The van der Waals surface area contributed by atoms with Crippen molar-refractivity contribution < 1.29 is 13.2 Å². The molecule has 1 aromatic rings. The molecule has 0 bridgehead atoms. The van der Waals surface area contributed by atoms with Crippen molar-refractivity contribution in [2.45, 2.75) is 32.3 Å². The van der Waals surface area contributed by atoms with Gasteiger partial charge in [0, 0.05) is 38.4 Å². The molecule has 1 aromatic heterocycles. The number of aryl methyl sites for hydroxylation is 1. The van der Waals surface area contributed by atoms with Gasteiger partial charge in [0.2, 0.25) is 10.0 Å². The first kappa shape index (κ1) is 21.1. The molecule has 2 aliphatic rings. The Balaban J connectivity index is 1.55. The molecule has 9 nitrogen and oxygen atoms in total. The summed E-state index contributed by atoms with van der Waals surface area (Å²) in [7, 11) is -1.40. The smallest absolute Gasteiger partial charge is 0.213 e. The Bertz CT molecular complexity index is 759. The minimum absolute atomic E-state index is 0.00495. The molecule has 0 spiro atoms. The predicted molar refractivity (Wildman–Crippen MR) is 109 cm³/mol. The van der Waals surface area contributed by atoms with Crippen LogP contribution in [0.2, 0.25) is 0 Å². The fourth-order valence-electron chi connectivity index (χ4n) is 3.36. The fourth-order valence-corrected chi connectivity index (χ4v) is 4.33. The topological polar surface area (TPSA) is 101 Å². The molecule has 3 rings (SSSR count). The number of guanidine groups is 1. The number of sulfonamides is 1. The first-order valence-corrected chi connectivity index (χ1v) is 11.7. The summed E-state index contributed by atoms with van der Waals surface area (Å²) >= 11 is 0. The highest BCUT2D eigenvalue weighted by atomic mass is 32.2. The molecule has 1 unspecified atom stereocenters. The van der Waals surface area contributed by atoms with E-state index in [9.17, 15) is 8.42 Å². The number of hydrogen-bond acceptors (Lipinski definition) is 5. The first-order chi connectivity index (χ1) is 13.5. The van der Waals surface area contributed by atoms with Crippen LogP contribution in [0.4, 0.5) is 0 Å². The number of nitrogens with zero attached hydrogens (tertiary/aromatic N) is 4. The van der Waals surface area contributed by atoms with E-state index in [0.29, 0.717) is 25.6 Å². The molecule has 1 aliphatic heterocycles. The zero-order valence-electron chi connectivity index (χ0n) is 16.8. The molecule has 1 saturated carbocycles. The van der Waals surface area contributed by atoms with Gasteiger partial charge >= 0.3 is 0 Å². The van der Waals surface area contributed by atoms with Crippen molar-refractivity contribution >= 4 is 16.0 Å². The van der Waals surface area contributed by atoms with Gasteiger partial charge in [0.05, 0.1) is 31.6 Å². The molecule has 2 N–H and O–H groups in total. The molecular formula is C18H32N6O3S. The molecule has 28 heavy (non-hydrogen) atoms. The van der Waals surface area contributed by atoms with Crippen LogP contribution >= 0.6 is 0 Å². The van der Waals surface area contributed by atoms with Crippen molar-refractivity contribution in [1.29, 1.82) is 0 Å². The second-order valence-electron chi connectivity index (χ2n) is 7.45. The van der Waals surface area contributed by atoms with Crippen LogP contribution in [0.5, 0.6) is 0 Å². The van der Waals surface area contributed by atoms with E-state index in [0.717, 1.165) is 37.5 Å². The molecule has 0 amide bonds. The second kappa shape index (κ2) is 9.71. The van der Waals surface area contributed by atoms with Gasteiger partial charge < -0.3 is 15.0 Å². The third-order valence-corrected chi connectivity index (χ3v) is 6.56. The number of hydrogen-bond donors (Lipinski definition) is 2. The largest absolute Gasteiger partial charge is 0.370 e. The molecule has 0 aromatic carbocycles. The molecule has 1 saturated heterocycles. The van der Waals surface area contributed by atoms with Gasteiger partial charge in [-0.1, -0.05) is 6.42 Å². The lowest BCUT2D eigenvalue weighted by Gasteiger charge is -2.34. The lowest BCUT2D eigenvalue weighted by Crippen LogP contribution is -2.48. The van der Waals surface area contributed by atoms with Crippen LogP contribution in [0.3, 0.4) is 0 Å². The Morgan fingerprint density at radius 3 is 2.89 bits per heavy atom. The van der Waals surface area contributed by atoms with E-state index in [1.807, 2.05) is 26.4 Å². The van der Waals surface area contributed by atoms with Crippen molar-refractivity contribution in [3.8, 4) is 0 Å². The Morgan fingerprint density at radius 2 is 2.25 bits per heavy atom. The van der Waals surface area contributed by atoms with Crippen LogP contribution in [-0.2, 0) is 21.8 Å². The minimum Gasteiger partial charge on any atom is -0.370 e. The van der Waals surface area contributed by atoms with Crippen LogP contribution in [0.1, 0.15) is 37.9 Å². The Labute approximate surface area is 167 Å². The van der Waals surface area contributed by atoms with E-state index < -0.39 is 10.0 Å². The maximum atomic E-state index is 12.2. The van der Waals surface area contributed by atoms with Gasteiger partial charge in [0.25, 0.3) is 0 Å². The summed E-state index contributed by atoms with van der Waals surface area (Å²) in [6.07, 6.45) is 7.17. The predicted octanol–water partition coefficient (Wildman–Crippen LogP) is 0.478. The molecule has 2 fully saturated rings. The van der Waals surface area contributed by atoms with Crippen molar-refractivity contribution in [2.24, 2.45) is 18.0 Å². The van der Waals surface area contributed by atoms with Crippen LogP contribution in [-0.4, -0.2) is 74.1 Å². The maximum absolute atomic E-state index is 12.2. The zero-order valence-corrected chi connectivity index (χ0v) is 17.6. The normalized spacial score (nSPS) is 21.6. The van der Waals surface area contributed by atoms with Crippen molar-refractivity contribution in [1.82, 2.24) is 24.7 Å². The molecule has 10 heteroatoms. The number of nitrogens with one attached hydrogen (secondary N) is 2. The van der Waals surface area contributed by atoms with E-state index in [-0.39, 0.29) is 18.4 Å². The highest BCUT2D eigenvalue weighted by Gasteiger charge is 2.25. The highest BCUT2D eigenvalue weighted by molar-refractivity contribution is 7.89. The Hall–Kier alpha value is -1.65. The van der Waals surface area contributed by atoms with Gasteiger partial charge in [0.1, 0.15) is 6.10 Å². The second-order valence-corrected chi connectivity index (χ2v) is 9.38. The Morgan fingerprint density at radius 1 is 1.43 bits per heavy atom. The molecule has 2 heterocycles. The van der Waals surface area contributed by atoms with Gasteiger partial charge in [-0.2, -0.15) is 5.10 Å². The molecule has 1 aliphatic carbocycles. The molecule has 158 valence electrons. The Kier molecular flexibility index (Phi) is 7.30. The van der Waals surface area contributed by atoms with Gasteiger partial charge in [-0.3, -0.25) is 9.67 Å². The fraction of sp³-hybridized carbons (Fsp3) is 0.778. The highest BCUT2D eigenvalue weighted by Crippen LogP contribution is 2.25. The monoisotopic (exact) mass is 412 g/mol. The average molecular weight is 413 g/mol. The van der Waals surface area contributed by atoms with Crippen LogP contribution in [0.25, 0.3) is 0 Å². The first-order valence-electron chi connectivity index (χ1n) is 10.1. The summed E-state index contributed by atoms with van der Waals surface area (Å²) in [4.78, 5) is 6.68. The van der Waals surface area contributed by atoms with E-state index in [1.165, 1.54) is 6.42 Å². The minimum atomic E-state index is -3.28. The number of morpholine rings is 1. The van der Waals surface area contributed by atoms with E-state index >= 15 is 0 Å². The van der Waals surface area contributed by atoms with Crippen LogP contribution in [0, 0.1) is 5.92 Å². The van der Waals surface area contributed by atoms with Crippen LogP contribution < -0.4 is 10.0 Å². The SMILES string of the molecule is CCNC(=NCCS(=O)(=O)NCC1CCC1)N1CCOC(c2cnn(C)c2)C1. The average Bonchev–Trinajstić information content (AvgIpc) is 3.06. The van der Waals surface area contributed by atoms with Gasteiger partial charge in [-0.05, 0) is 25.7 Å². The molecular weight excluding hydrogens is 380 g/mol. The van der Waals surface area contributed by atoms with E-state index in [2.05, 4.69) is 25.0 Å². The number of aliphatic imine (C=N–C) groups is 1. The van der Waals surface area contributed by atoms with E-state index in [1.54, 1.807) is 4.68 Å². The van der Waals surface area contributed by atoms with Crippen molar-refractivity contribution in [3.05, 3.63) is 18.0 Å². The van der Waals surface area contributed by atoms with Gasteiger partial charge in [-0.15, -0.1) is 0 Å². The summed E-state index contributed by atoms with van der Waals surface area (Å²) in [6, 6.07) is 0. The van der Waals surface area contributed by atoms with Gasteiger partial charge in [0.15, 0.2) is 5.96 Å². The number of aromatic nitrogens is 2. The summed E-state index contributed by atoms with van der Waals surface area (Å²) in [6.45, 7) is 5.48. The van der Waals surface area contributed by atoms with Gasteiger partial charge in [-0.25, -0.2) is 13.1 Å². The lowest BCUT2D eigenvalue weighted by atomic mass is 9.86. The van der Waals surface area contributed by atoms with Crippen LogP contribution in [0.15, 0.2) is 17.4 Å². The third-order valence-electron chi connectivity index (χ3n) is 5.24. The summed E-state index contributed by atoms with van der Waals surface area (Å²) in [5.41, 5.74) is 1.03. The molecule has 0 radical (unpaired) electrons. The number of rotatable bonds is 8. The van der Waals surface area contributed by atoms with Crippen molar-refractivity contribution in [3.63, 3.8) is 0 Å². The number of ether oxygens (including phenoxy) is 1. The zero-order chi connectivity index (χ0) is 20.0. The summed E-state index contributed by atoms with van der Waals surface area (Å²) < 4.78 is 34.7. The van der Waals surface area contributed by atoms with E-state index in [4.69, 9.17) is 4.74 Å².